The van der Waals surface area contributed by atoms with E-state index in [2.05, 4.69) is 16.7 Å². The van der Waals surface area contributed by atoms with Crippen molar-refractivity contribution >= 4 is 11.6 Å². The van der Waals surface area contributed by atoms with Gasteiger partial charge in [-0.25, -0.2) is 0 Å². The van der Waals surface area contributed by atoms with E-state index in [0.29, 0.717) is 11.3 Å². The molecule has 1 amide bonds. The summed E-state index contributed by atoms with van der Waals surface area (Å²) in [7, 11) is 0. The molecule has 0 heterocycles. The van der Waals surface area contributed by atoms with Crippen LogP contribution in [0, 0.1) is 18.3 Å². The lowest BCUT2D eigenvalue weighted by atomic mass is 10.1. The molecule has 0 aliphatic carbocycles. The molecule has 0 aliphatic rings. The highest BCUT2D eigenvalue weighted by molar-refractivity contribution is 5.93. The summed E-state index contributed by atoms with van der Waals surface area (Å²) in [5, 5.41) is 14.6. The van der Waals surface area contributed by atoms with E-state index in [1.807, 2.05) is 26.8 Å². The highest BCUT2D eigenvalue weighted by Gasteiger charge is 2.06. The first kappa shape index (κ1) is 13.2. The molecule has 0 saturated carbocycles. The average Bonchev–Trinajstić information content (AvgIpc) is 2.29. The quantitative estimate of drug-likeness (QED) is 0.830. The third-order valence-corrected chi connectivity index (χ3v) is 2.31. The van der Waals surface area contributed by atoms with Gasteiger partial charge in [0.25, 0.3) is 0 Å². The Labute approximate surface area is 102 Å². The van der Waals surface area contributed by atoms with E-state index in [-0.39, 0.29) is 18.5 Å². The largest absolute Gasteiger partial charge is 0.325 e. The monoisotopic (exact) mass is 231 g/mol. The summed E-state index contributed by atoms with van der Waals surface area (Å²) in [4.78, 5) is 11.6. The molecule has 0 atom stereocenters. The van der Waals surface area contributed by atoms with Gasteiger partial charge in [0.05, 0.1) is 18.2 Å². The lowest BCUT2D eigenvalue weighted by Crippen LogP contribution is -2.32. The minimum atomic E-state index is -0.100. The van der Waals surface area contributed by atoms with Crippen LogP contribution in [-0.4, -0.2) is 18.5 Å². The van der Waals surface area contributed by atoms with Crippen molar-refractivity contribution in [2.24, 2.45) is 0 Å². The summed E-state index contributed by atoms with van der Waals surface area (Å²) < 4.78 is 0. The molecule has 1 rings (SSSR count). The molecule has 2 N–H and O–H groups in total. The summed E-state index contributed by atoms with van der Waals surface area (Å²) in [6.45, 7) is 6.13. The third kappa shape index (κ3) is 4.25. The number of anilines is 1. The third-order valence-electron chi connectivity index (χ3n) is 2.31. The lowest BCUT2D eigenvalue weighted by molar-refractivity contribution is -0.115. The number of carbonyl (C=O) groups excluding carboxylic acids is 1. The van der Waals surface area contributed by atoms with Crippen molar-refractivity contribution in [3.63, 3.8) is 0 Å². The fourth-order valence-electron chi connectivity index (χ4n) is 1.32. The number of carbonyl (C=O) groups is 1. The van der Waals surface area contributed by atoms with Crippen LogP contribution < -0.4 is 10.6 Å². The van der Waals surface area contributed by atoms with Crippen molar-refractivity contribution in [1.29, 1.82) is 5.26 Å². The van der Waals surface area contributed by atoms with Gasteiger partial charge in [-0.1, -0.05) is 19.9 Å². The molecule has 0 aromatic heterocycles. The average molecular weight is 231 g/mol. The molecule has 0 fully saturated rings. The first-order valence-corrected chi connectivity index (χ1v) is 5.57. The van der Waals surface area contributed by atoms with Crippen LogP contribution in [0.3, 0.4) is 0 Å². The van der Waals surface area contributed by atoms with Crippen LogP contribution in [0.5, 0.6) is 0 Å². The zero-order chi connectivity index (χ0) is 12.8. The van der Waals surface area contributed by atoms with Crippen molar-refractivity contribution in [3.05, 3.63) is 29.3 Å². The first-order chi connectivity index (χ1) is 8.02. The predicted octanol–water partition coefficient (Wildman–Crippen LogP) is 1.80. The van der Waals surface area contributed by atoms with Crippen LogP contribution in [0.4, 0.5) is 5.69 Å². The molecular formula is C13H17N3O. The lowest BCUT2D eigenvalue weighted by Gasteiger charge is -2.10. The molecule has 0 radical (unpaired) electrons. The van der Waals surface area contributed by atoms with Gasteiger partial charge in [0.1, 0.15) is 0 Å². The van der Waals surface area contributed by atoms with E-state index in [9.17, 15) is 4.79 Å². The summed E-state index contributed by atoms with van der Waals surface area (Å²) in [6, 6.07) is 7.56. The van der Waals surface area contributed by atoms with E-state index in [1.165, 1.54) is 0 Å². The highest BCUT2D eigenvalue weighted by atomic mass is 16.1. The molecule has 0 saturated heterocycles. The van der Waals surface area contributed by atoms with Gasteiger partial charge in [-0.2, -0.15) is 5.26 Å². The molecule has 0 bridgehead atoms. The van der Waals surface area contributed by atoms with E-state index in [0.717, 1.165) is 5.56 Å². The molecule has 1 aromatic carbocycles. The van der Waals surface area contributed by atoms with Crippen molar-refractivity contribution in [1.82, 2.24) is 5.32 Å². The number of amides is 1. The van der Waals surface area contributed by atoms with Crippen LogP contribution in [0.25, 0.3) is 0 Å². The van der Waals surface area contributed by atoms with Crippen molar-refractivity contribution in [2.75, 3.05) is 11.9 Å². The number of nitrogens with zero attached hydrogens (tertiary/aromatic N) is 1. The zero-order valence-electron chi connectivity index (χ0n) is 10.4. The van der Waals surface area contributed by atoms with Gasteiger partial charge in [-0.3, -0.25) is 4.79 Å². The van der Waals surface area contributed by atoms with Crippen LogP contribution in [0.1, 0.15) is 25.0 Å². The van der Waals surface area contributed by atoms with Gasteiger partial charge in [-0.15, -0.1) is 0 Å². The number of nitrogens with one attached hydrogen (secondary N) is 2. The second kappa shape index (κ2) is 6.02. The first-order valence-electron chi connectivity index (χ1n) is 5.57. The Kier molecular flexibility index (Phi) is 4.68. The van der Waals surface area contributed by atoms with Gasteiger partial charge < -0.3 is 10.6 Å². The minimum Gasteiger partial charge on any atom is -0.325 e. The SMILES string of the molecule is Cc1ccc(C#N)cc1NC(=O)CNC(C)C. The minimum absolute atomic E-state index is 0.100. The molecular weight excluding hydrogens is 214 g/mol. The van der Waals surface area contributed by atoms with Gasteiger partial charge in [-0.05, 0) is 24.6 Å². The Morgan fingerprint density at radius 2 is 2.18 bits per heavy atom. The van der Waals surface area contributed by atoms with Crippen molar-refractivity contribution in [3.8, 4) is 6.07 Å². The van der Waals surface area contributed by atoms with Crippen LogP contribution in [0.15, 0.2) is 18.2 Å². The fraction of sp³-hybridized carbons (Fsp3) is 0.385. The molecule has 4 nitrogen and oxygen atoms in total. The molecule has 0 aliphatic heterocycles. The second-order valence-corrected chi connectivity index (χ2v) is 4.23. The second-order valence-electron chi connectivity index (χ2n) is 4.23. The standard InChI is InChI=1S/C13H17N3O/c1-9(2)15-8-13(17)16-12-6-11(7-14)5-4-10(12)3/h4-6,9,15H,8H2,1-3H3,(H,16,17). The molecule has 4 heteroatoms. The topological polar surface area (TPSA) is 64.9 Å². The Morgan fingerprint density at radius 3 is 2.76 bits per heavy atom. The molecule has 17 heavy (non-hydrogen) atoms. The summed E-state index contributed by atoms with van der Waals surface area (Å²) >= 11 is 0. The smallest absolute Gasteiger partial charge is 0.238 e. The van der Waals surface area contributed by atoms with Crippen molar-refractivity contribution < 1.29 is 4.79 Å². The van der Waals surface area contributed by atoms with E-state index in [1.54, 1.807) is 12.1 Å². The highest BCUT2D eigenvalue weighted by Crippen LogP contribution is 2.16. The number of nitriles is 1. The number of hydrogen-bond acceptors (Lipinski definition) is 3. The van der Waals surface area contributed by atoms with Crippen LogP contribution >= 0.6 is 0 Å². The van der Waals surface area contributed by atoms with Crippen LogP contribution in [0.2, 0.25) is 0 Å². The maximum absolute atomic E-state index is 11.6. The number of hydrogen-bond donors (Lipinski definition) is 2. The van der Waals surface area contributed by atoms with E-state index < -0.39 is 0 Å². The predicted molar refractivity (Wildman–Crippen MR) is 67.7 cm³/mol. The Morgan fingerprint density at radius 1 is 1.47 bits per heavy atom. The van der Waals surface area contributed by atoms with Crippen LogP contribution in [-0.2, 0) is 4.79 Å². The van der Waals surface area contributed by atoms with E-state index in [4.69, 9.17) is 5.26 Å². The van der Waals surface area contributed by atoms with Gasteiger partial charge in [0.15, 0.2) is 0 Å². The molecule has 0 unspecified atom stereocenters. The number of benzene rings is 1. The fourth-order valence-corrected chi connectivity index (χ4v) is 1.32. The van der Waals surface area contributed by atoms with Gasteiger partial charge >= 0.3 is 0 Å². The Hall–Kier alpha value is -1.86. The van der Waals surface area contributed by atoms with Crippen molar-refractivity contribution in [2.45, 2.75) is 26.8 Å². The normalized spacial score (nSPS) is 10.1. The molecule has 0 spiro atoms. The molecule has 1 aromatic rings. The number of rotatable bonds is 4. The Bertz CT molecular complexity index is 446. The number of aryl methyl sites for hydroxylation is 1. The summed E-state index contributed by atoms with van der Waals surface area (Å²) in [5.74, 6) is -0.100. The Balaban J connectivity index is 2.68. The summed E-state index contributed by atoms with van der Waals surface area (Å²) in [5.41, 5.74) is 2.18. The maximum atomic E-state index is 11.6. The van der Waals surface area contributed by atoms with Gasteiger partial charge in [0.2, 0.25) is 5.91 Å². The zero-order valence-corrected chi connectivity index (χ0v) is 10.4. The maximum Gasteiger partial charge on any atom is 0.238 e. The molecule has 90 valence electrons. The summed E-state index contributed by atoms with van der Waals surface area (Å²) in [6.07, 6.45) is 0. The van der Waals surface area contributed by atoms with E-state index >= 15 is 0 Å². The van der Waals surface area contributed by atoms with Gasteiger partial charge in [0, 0.05) is 11.7 Å².